The average molecular weight is 227 g/mol. The number of nitrogens with one attached hydrogen (secondary N) is 1. The first-order valence-corrected chi connectivity index (χ1v) is 6.98. The number of benzene rings is 1. The molecule has 17 heavy (non-hydrogen) atoms. The molecule has 1 aliphatic rings. The third-order valence-electron chi connectivity index (χ3n) is 4.22. The fraction of sp³-hybridized carbons (Fsp3) is 0.500. The third-order valence-corrected chi connectivity index (χ3v) is 4.22. The summed E-state index contributed by atoms with van der Waals surface area (Å²) < 4.78 is 0. The van der Waals surface area contributed by atoms with E-state index in [4.69, 9.17) is 0 Å². The second-order valence-corrected chi connectivity index (χ2v) is 5.40. The van der Waals surface area contributed by atoms with E-state index in [1.54, 1.807) is 0 Å². The quantitative estimate of drug-likeness (QED) is 0.783. The Morgan fingerprint density at radius 1 is 1.06 bits per heavy atom. The molecule has 0 spiro atoms. The Morgan fingerprint density at radius 3 is 2.76 bits per heavy atom. The summed E-state index contributed by atoms with van der Waals surface area (Å²) in [6, 6.07) is 8.64. The Morgan fingerprint density at radius 2 is 1.88 bits per heavy atom. The first-order valence-electron chi connectivity index (χ1n) is 6.98. The lowest BCUT2D eigenvalue weighted by molar-refractivity contribution is 0.339. The van der Waals surface area contributed by atoms with E-state index in [9.17, 15) is 0 Å². The number of para-hydroxylation sites is 1. The van der Waals surface area contributed by atoms with Crippen LogP contribution in [-0.2, 0) is 6.42 Å². The lowest BCUT2D eigenvalue weighted by Crippen LogP contribution is -2.07. The number of H-pyrrole nitrogens is 1. The molecule has 1 N–H and O–H groups in total. The predicted molar refractivity (Wildman–Crippen MR) is 73.2 cm³/mol. The lowest BCUT2D eigenvalue weighted by Gasteiger charge is -2.21. The normalized spacial score (nSPS) is 17.6. The lowest BCUT2D eigenvalue weighted by atomic mass is 9.85. The topological polar surface area (TPSA) is 15.8 Å². The van der Waals surface area contributed by atoms with Crippen LogP contribution in [0.15, 0.2) is 30.5 Å². The van der Waals surface area contributed by atoms with Crippen molar-refractivity contribution < 1.29 is 0 Å². The summed E-state index contributed by atoms with van der Waals surface area (Å²) in [5.74, 6) is 0.984. The van der Waals surface area contributed by atoms with Gasteiger partial charge in [0.2, 0.25) is 0 Å². The van der Waals surface area contributed by atoms with E-state index < -0.39 is 0 Å². The molecule has 0 bridgehead atoms. The molecule has 1 heterocycles. The SMILES string of the molecule is c1ccc2c(CCC3CCCCC3)c[nH]c2c1. The van der Waals surface area contributed by atoms with Crippen LogP contribution in [0, 0.1) is 5.92 Å². The van der Waals surface area contributed by atoms with Crippen molar-refractivity contribution in [2.45, 2.75) is 44.9 Å². The van der Waals surface area contributed by atoms with Gasteiger partial charge in [-0.2, -0.15) is 0 Å². The van der Waals surface area contributed by atoms with Gasteiger partial charge in [0, 0.05) is 17.1 Å². The number of hydrogen-bond donors (Lipinski definition) is 1. The molecular weight excluding hydrogens is 206 g/mol. The Kier molecular flexibility index (Phi) is 3.17. The van der Waals surface area contributed by atoms with Gasteiger partial charge in [-0.1, -0.05) is 50.3 Å². The van der Waals surface area contributed by atoms with E-state index in [0.29, 0.717) is 0 Å². The number of aryl methyl sites for hydroxylation is 1. The van der Waals surface area contributed by atoms with Gasteiger partial charge in [-0.15, -0.1) is 0 Å². The zero-order valence-electron chi connectivity index (χ0n) is 10.4. The van der Waals surface area contributed by atoms with E-state index in [-0.39, 0.29) is 0 Å². The van der Waals surface area contributed by atoms with Gasteiger partial charge in [0.15, 0.2) is 0 Å². The molecule has 0 saturated heterocycles. The van der Waals surface area contributed by atoms with Crippen molar-refractivity contribution in [3.63, 3.8) is 0 Å². The minimum Gasteiger partial charge on any atom is -0.361 e. The maximum Gasteiger partial charge on any atom is 0.0456 e. The van der Waals surface area contributed by atoms with Gasteiger partial charge in [-0.25, -0.2) is 0 Å². The van der Waals surface area contributed by atoms with Crippen LogP contribution in [0.3, 0.4) is 0 Å². The van der Waals surface area contributed by atoms with Gasteiger partial charge in [-0.05, 0) is 30.4 Å². The second kappa shape index (κ2) is 4.95. The highest BCUT2D eigenvalue weighted by Crippen LogP contribution is 2.28. The van der Waals surface area contributed by atoms with Crippen molar-refractivity contribution in [1.29, 1.82) is 0 Å². The van der Waals surface area contributed by atoms with Crippen LogP contribution < -0.4 is 0 Å². The van der Waals surface area contributed by atoms with Crippen LogP contribution in [0.25, 0.3) is 10.9 Å². The van der Waals surface area contributed by atoms with Gasteiger partial charge >= 0.3 is 0 Å². The maximum atomic E-state index is 3.38. The Labute approximate surface area is 103 Å². The minimum atomic E-state index is 0.984. The van der Waals surface area contributed by atoms with Crippen molar-refractivity contribution in [3.05, 3.63) is 36.0 Å². The van der Waals surface area contributed by atoms with Gasteiger partial charge in [-0.3, -0.25) is 0 Å². The fourth-order valence-corrected chi connectivity index (χ4v) is 3.17. The Balaban J connectivity index is 1.68. The maximum absolute atomic E-state index is 3.38. The summed E-state index contributed by atoms with van der Waals surface area (Å²) in [6.45, 7) is 0. The first-order chi connectivity index (χ1) is 8.43. The fourth-order valence-electron chi connectivity index (χ4n) is 3.17. The predicted octanol–water partition coefficient (Wildman–Crippen LogP) is 4.68. The van der Waals surface area contributed by atoms with E-state index in [0.717, 1.165) is 5.92 Å². The molecule has 3 rings (SSSR count). The average Bonchev–Trinajstić information content (AvgIpc) is 2.81. The molecule has 0 unspecified atom stereocenters. The number of fused-ring (bicyclic) bond motifs is 1. The van der Waals surface area contributed by atoms with Crippen LogP contribution in [0.5, 0.6) is 0 Å². The third kappa shape index (κ3) is 2.38. The zero-order valence-corrected chi connectivity index (χ0v) is 10.4. The molecule has 0 radical (unpaired) electrons. The summed E-state index contributed by atoms with van der Waals surface area (Å²) in [5, 5.41) is 1.42. The number of hydrogen-bond acceptors (Lipinski definition) is 0. The monoisotopic (exact) mass is 227 g/mol. The molecule has 2 aromatic rings. The summed E-state index contributed by atoms with van der Waals surface area (Å²) >= 11 is 0. The highest BCUT2D eigenvalue weighted by molar-refractivity contribution is 5.82. The Hall–Kier alpha value is -1.24. The number of rotatable bonds is 3. The van der Waals surface area contributed by atoms with E-state index in [1.807, 2.05) is 0 Å². The van der Waals surface area contributed by atoms with Gasteiger partial charge in [0.05, 0.1) is 0 Å². The molecule has 1 nitrogen and oxygen atoms in total. The molecule has 0 amide bonds. The smallest absolute Gasteiger partial charge is 0.0456 e. The molecule has 0 atom stereocenters. The molecule has 1 saturated carbocycles. The van der Waals surface area contributed by atoms with E-state index in [1.165, 1.54) is 61.4 Å². The van der Waals surface area contributed by atoms with E-state index in [2.05, 4.69) is 35.4 Å². The van der Waals surface area contributed by atoms with Crippen LogP contribution in [-0.4, -0.2) is 4.98 Å². The van der Waals surface area contributed by atoms with Crippen LogP contribution >= 0.6 is 0 Å². The molecule has 1 heteroatoms. The highest BCUT2D eigenvalue weighted by Gasteiger charge is 2.13. The zero-order chi connectivity index (χ0) is 11.5. The van der Waals surface area contributed by atoms with Crippen LogP contribution in [0.1, 0.15) is 44.1 Å². The largest absolute Gasteiger partial charge is 0.361 e. The van der Waals surface area contributed by atoms with Crippen molar-refractivity contribution in [3.8, 4) is 0 Å². The number of aromatic amines is 1. The summed E-state index contributed by atoms with van der Waals surface area (Å²) in [5.41, 5.74) is 2.79. The van der Waals surface area contributed by atoms with Crippen molar-refractivity contribution in [1.82, 2.24) is 4.98 Å². The van der Waals surface area contributed by atoms with Crippen LogP contribution in [0.4, 0.5) is 0 Å². The molecule has 1 fully saturated rings. The Bertz CT molecular complexity index is 477. The summed E-state index contributed by atoms with van der Waals surface area (Å²) in [6.07, 6.45) is 12.1. The highest BCUT2D eigenvalue weighted by atomic mass is 14.7. The van der Waals surface area contributed by atoms with Crippen molar-refractivity contribution in [2.75, 3.05) is 0 Å². The summed E-state index contributed by atoms with van der Waals surface area (Å²) in [7, 11) is 0. The van der Waals surface area contributed by atoms with Crippen molar-refractivity contribution in [2.24, 2.45) is 5.92 Å². The molecule has 1 aliphatic carbocycles. The molecule has 1 aromatic heterocycles. The number of aromatic nitrogens is 1. The first kappa shape index (κ1) is 10.9. The minimum absolute atomic E-state index is 0.984. The summed E-state index contributed by atoms with van der Waals surface area (Å²) in [4.78, 5) is 3.38. The van der Waals surface area contributed by atoms with Gasteiger partial charge in [0.25, 0.3) is 0 Å². The van der Waals surface area contributed by atoms with Gasteiger partial charge < -0.3 is 4.98 Å². The molecule has 90 valence electrons. The molecule has 0 aliphatic heterocycles. The standard InChI is InChI=1S/C16H21N/c1-2-6-13(7-3-1)10-11-14-12-17-16-9-5-4-8-15(14)16/h4-5,8-9,12-13,17H,1-3,6-7,10-11H2. The van der Waals surface area contributed by atoms with Crippen molar-refractivity contribution >= 4 is 10.9 Å². The van der Waals surface area contributed by atoms with Crippen LogP contribution in [0.2, 0.25) is 0 Å². The van der Waals surface area contributed by atoms with E-state index >= 15 is 0 Å². The molecular formula is C16H21N. The molecule has 1 aromatic carbocycles. The van der Waals surface area contributed by atoms with Gasteiger partial charge in [0.1, 0.15) is 0 Å². The second-order valence-electron chi connectivity index (χ2n) is 5.40.